The average Bonchev–Trinajstić information content (AvgIpc) is 3.64. The van der Waals surface area contributed by atoms with Gasteiger partial charge in [0.15, 0.2) is 5.82 Å². The first-order valence-corrected chi connectivity index (χ1v) is 14.7. The quantitative estimate of drug-likeness (QED) is 0.427. The maximum atomic E-state index is 16.4. The predicted molar refractivity (Wildman–Crippen MR) is 153 cm³/mol. The fraction of sp³-hybridized carbons (Fsp3) is 0.552. The van der Waals surface area contributed by atoms with Gasteiger partial charge in [0, 0.05) is 55.6 Å². The number of piperazine rings is 1. The summed E-state index contributed by atoms with van der Waals surface area (Å²) in [5.74, 6) is -1.05. The van der Waals surface area contributed by atoms with Crippen LogP contribution in [0.15, 0.2) is 12.1 Å². The first-order valence-electron chi connectivity index (χ1n) is 14.4. The molecule has 4 fully saturated rings. The summed E-state index contributed by atoms with van der Waals surface area (Å²) in [7, 11) is 0. The summed E-state index contributed by atoms with van der Waals surface area (Å²) in [6.45, 7) is 7.74. The third-order valence-corrected chi connectivity index (χ3v) is 9.36. The van der Waals surface area contributed by atoms with E-state index in [1.165, 1.54) is 6.07 Å². The predicted octanol–water partition coefficient (Wildman–Crippen LogP) is 3.95. The van der Waals surface area contributed by atoms with Gasteiger partial charge in [0.1, 0.15) is 23.0 Å². The summed E-state index contributed by atoms with van der Waals surface area (Å²) in [5, 5.41) is 4.04. The number of nitrogens with one attached hydrogen (secondary N) is 1. The molecule has 3 aromatic rings. The first kappa shape index (κ1) is 27.0. The monoisotopic (exact) mass is 585 g/mol. The number of aromatic nitrogens is 3. The van der Waals surface area contributed by atoms with Crippen molar-refractivity contribution in [3.8, 4) is 17.3 Å². The molecule has 9 nitrogen and oxygen atoms in total. The molecule has 7 rings (SSSR count). The fourth-order valence-corrected chi connectivity index (χ4v) is 6.67. The topological polar surface area (TPSA) is 102 Å². The Morgan fingerprint density at radius 2 is 1.85 bits per heavy atom. The molecule has 2 aromatic heterocycles. The van der Waals surface area contributed by atoms with Crippen LogP contribution in [0.25, 0.3) is 22.2 Å². The van der Waals surface area contributed by atoms with E-state index in [0.29, 0.717) is 48.5 Å². The van der Waals surface area contributed by atoms with Gasteiger partial charge in [0.25, 0.3) is 0 Å². The maximum absolute atomic E-state index is 16.4. The Labute approximate surface area is 242 Å². The number of nitrogens with two attached hydrogens (primary N) is 1. The summed E-state index contributed by atoms with van der Waals surface area (Å²) in [6, 6.07) is 3.55. The van der Waals surface area contributed by atoms with Crippen molar-refractivity contribution in [1.29, 1.82) is 0 Å². The van der Waals surface area contributed by atoms with Crippen molar-refractivity contribution >= 4 is 34.1 Å². The van der Waals surface area contributed by atoms with E-state index in [2.05, 4.69) is 25.1 Å². The number of fused-ring (bicyclic) bond motifs is 3. The zero-order valence-electron chi connectivity index (χ0n) is 23.1. The first-order chi connectivity index (χ1) is 19.8. The highest BCUT2D eigenvalue weighted by Gasteiger charge is 2.45. The van der Waals surface area contributed by atoms with Crippen LogP contribution in [0.1, 0.15) is 31.2 Å². The molecule has 0 unspecified atom stereocenters. The minimum atomic E-state index is -0.861. The summed E-state index contributed by atoms with van der Waals surface area (Å²) >= 11 is 6.47. The number of aryl methyl sites for hydroxylation is 1. The number of ether oxygens (including phenoxy) is 2. The van der Waals surface area contributed by atoms with Crippen molar-refractivity contribution < 1.29 is 18.3 Å². The van der Waals surface area contributed by atoms with Gasteiger partial charge in [-0.25, -0.2) is 13.8 Å². The standard InChI is InChI=1S/C29H34ClF2N7O2/c1-16-10-21(33)35-26(23(16)30)22-20(31)11-19-25(24(22)32)36-28(37-27(19)39-12-17-2-3-18(13-39)34-17)41-15-29(4-5-29)14-38-6-8-40-9-7-38/h10-11,17-18,34H,2-9,12-15H2,1H3,(H2,33,35)/t17-,18+. The highest BCUT2D eigenvalue weighted by atomic mass is 35.5. The van der Waals surface area contributed by atoms with Gasteiger partial charge in [0.2, 0.25) is 0 Å². The van der Waals surface area contributed by atoms with E-state index >= 15 is 8.78 Å². The molecule has 41 heavy (non-hydrogen) atoms. The SMILES string of the molecule is Cc1cc(N)nc(-c2c(F)cc3c(N4C[C@H]5CC[C@@H](C4)N5)nc(OCC4(CN5CCOCC5)CC4)nc3c2F)c1Cl. The number of hydrogen-bond donors (Lipinski definition) is 2. The van der Waals surface area contributed by atoms with Crippen LogP contribution in [0.2, 0.25) is 5.02 Å². The van der Waals surface area contributed by atoms with Crippen molar-refractivity contribution in [1.82, 2.24) is 25.2 Å². The van der Waals surface area contributed by atoms with E-state index in [-0.39, 0.29) is 39.0 Å². The molecule has 5 heterocycles. The molecule has 0 spiro atoms. The molecule has 218 valence electrons. The Bertz CT molecular complexity index is 1490. The molecule has 0 radical (unpaired) electrons. The Hall–Kier alpha value is -2.86. The second-order valence-electron chi connectivity index (χ2n) is 12.0. The third kappa shape index (κ3) is 5.17. The molecule has 1 saturated carbocycles. The van der Waals surface area contributed by atoms with E-state index in [4.69, 9.17) is 31.8 Å². The van der Waals surface area contributed by atoms with Crippen LogP contribution in [0.5, 0.6) is 6.01 Å². The number of rotatable bonds is 7. The Morgan fingerprint density at radius 3 is 2.56 bits per heavy atom. The number of pyridine rings is 1. The molecule has 1 aromatic carbocycles. The van der Waals surface area contributed by atoms with Gasteiger partial charge < -0.3 is 25.4 Å². The molecule has 2 atom stereocenters. The Morgan fingerprint density at radius 1 is 1.12 bits per heavy atom. The third-order valence-electron chi connectivity index (χ3n) is 8.88. The van der Waals surface area contributed by atoms with Crippen LogP contribution >= 0.6 is 11.6 Å². The van der Waals surface area contributed by atoms with Gasteiger partial charge in [-0.3, -0.25) is 4.90 Å². The van der Waals surface area contributed by atoms with Gasteiger partial charge >= 0.3 is 6.01 Å². The van der Waals surface area contributed by atoms with E-state index in [1.54, 1.807) is 13.0 Å². The van der Waals surface area contributed by atoms with Crippen LogP contribution in [0, 0.1) is 24.0 Å². The molecule has 1 aliphatic carbocycles. The van der Waals surface area contributed by atoms with Crippen LogP contribution in [-0.4, -0.2) is 84.5 Å². The van der Waals surface area contributed by atoms with Crippen LogP contribution in [-0.2, 0) is 4.74 Å². The summed E-state index contributed by atoms with van der Waals surface area (Å²) in [4.78, 5) is 18.0. The summed E-state index contributed by atoms with van der Waals surface area (Å²) in [5.41, 5.74) is 6.09. The minimum absolute atomic E-state index is 0.0208. The summed E-state index contributed by atoms with van der Waals surface area (Å²) < 4.78 is 43.8. The number of benzene rings is 1. The number of nitrogens with zero attached hydrogens (tertiary/aromatic N) is 5. The molecular formula is C29H34ClF2N7O2. The highest BCUT2D eigenvalue weighted by molar-refractivity contribution is 6.34. The van der Waals surface area contributed by atoms with E-state index in [1.807, 2.05) is 0 Å². The smallest absolute Gasteiger partial charge is 0.319 e. The molecule has 3 aliphatic heterocycles. The largest absolute Gasteiger partial charge is 0.463 e. The normalized spacial score (nSPS) is 23.8. The number of morpholine rings is 1. The van der Waals surface area contributed by atoms with Crippen molar-refractivity contribution in [2.45, 2.75) is 44.7 Å². The molecule has 2 bridgehead atoms. The second kappa shape index (κ2) is 10.4. The zero-order valence-corrected chi connectivity index (χ0v) is 23.8. The Balaban J connectivity index is 1.28. The molecule has 3 N–H and O–H groups in total. The van der Waals surface area contributed by atoms with Crippen LogP contribution in [0.3, 0.4) is 0 Å². The van der Waals surface area contributed by atoms with E-state index < -0.39 is 11.6 Å². The fourth-order valence-electron chi connectivity index (χ4n) is 6.48. The minimum Gasteiger partial charge on any atom is -0.463 e. The second-order valence-corrected chi connectivity index (χ2v) is 12.4. The van der Waals surface area contributed by atoms with Crippen LogP contribution in [0.4, 0.5) is 20.4 Å². The van der Waals surface area contributed by atoms with Gasteiger partial charge in [-0.1, -0.05) is 11.6 Å². The number of hydrogen-bond acceptors (Lipinski definition) is 9. The van der Waals surface area contributed by atoms with Crippen LogP contribution < -0.4 is 20.7 Å². The molecule has 4 aliphatic rings. The lowest BCUT2D eigenvalue weighted by Crippen LogP contribution is -2.51. The molecule has 12 heteroatoms. The zero-order chi connectivity index (χ0) is 28.3. The van der Waals surface area contributed by atoms with E-state index in [9.17, 15) is 0 Å². The number of nitrogen functional groups attached to an aromatic ring is 1. The van der Waals surface area contributed by atoms with Crippen molar-refractivity contribution in [3.63, 3.8) is 0 Å². The molecular weight excluding hydrogens is 552 g/mol. The average molecular weight is 586 g/mol. The van der Waals surface area contributed by atoms with E-state index in [0.717, 1.165) is 58.5 Å². The summed E-state index contributed by atoms with van der Waals surface area (Å²) in [6.07, 6.45) is 4.22. The molecule has 3 saturated heterocycles. The lowest BCUT2D eigenvalue weighted by atomic mass is 10.0. The van der Waals surface area contributed by atoms with Gasteiger partial charge in [-0.05, 0) is 50.3 Å². The Kier molecular flexibility index (Phi) is 6.88. The van der Waals surface area contributed by atoms with Crippen molar-refractivity contribution in [2.24, 2.45) is 5.41 Å². The lowest BCUT2D eigenvalue weighted by molar-refractivity contribution is 0.0231. The lowest BCUT2D eigenvalue weighted by Gasteiger charge is -2.34. The molecule has 0 amide bonds. The number of halogens is 3. The van der Waals surface area contributed by atoms with Gasteiger partial charge in [0.05, 0.1) is 36.1 Å². The van der Waals surface area contributed by atoms with Crippen molar-refractivity contribution in [3.05, 3.63) is 34.4 Å². The maximum Gasteiger partial charge on any atom is 0.319 e. The van der Waals surface area contributed by atoms with Crippen molar-refractivity contribution in [2.75, 3.05) is 63.2 Å². The van der Waals surface area contributed by atoms with Gasteiger partial charge in [-0.15, -0.1) is 0 Å². The highest BCUT2D eigenvalue weighted by Crippen LogP contribution is 2.47. The van der Waals surface area contributed by atoms with Gasteiger partial charge in [-0.2, -0.15) is 9.97 Å². The number of anilines is 2.